The number of hydrogen-bond acceptors (Lipinski definition) is 16. The fourth-order valence-corrected chi connectivity index (χ4v) is 15.3. The van der Waals surface area contributed by atoms with Gasteiger partial charge in [0.15, 0.2) is 24.5 Å². The highest BCUT2D eigenvalue weighted by atomic mass is 16.7. The van der Waals surface area contributed by atoms with Gasteiger partial charge in [-0.3, -0.25) is 4.79 Å². The third kappa shape index (κ3) is 6.16. The van der Waals surface area contributed by atoms with Gasteiger partial charge in [0.2, 0.25) is 0 Å². The molecule has 3 saturated heterocycles. The summed E-state index contributed by atoms with van der Waals surface area (Å²) in [6, 6.07) is 0. The average molecular weight is 843 g/mol. The molecule has 8 rings (SSSR count). The summed E-state index contributed by atoms with van der Waals surface area (Å²) < 4.78 is 37.6. The van der Waals surface area contributed by atoms with Crippen molar-refractivity contribution >= 4 is 5.97 Å². The van der Waals surface area contributed by atoms with E-state index in [1.54, 1.807) is 0 Å². The maximum absolute atomic E-state index is 13.5. The van der Waals surface area contributed by atoms with Crippen molar-refractivity contribution in [3.8, 4) is 0 Å². The number of rotatable bonds is 8. The lowest BCUT2D eigenvalue weighted by atomic mass is 9.41. The molecule has 5 saturated carbocycles. The van der Waals surface area contributed by atoms with Crippen LogP contribution in [0.2, 0.25) is 0 Å². The smallest absolute Gasteiger partial charge is 0.303 e. The average Bonchev–Trinajstić information content (AvgIpc) is 3.79. The van der Waals surface area contributed by atoms with Crippen molar-refractivity contribution < 1.29 is 79.2 Å². The third-order valence-electron chi connectivity index (χ3n) is 18.0. The maximum atomic E-state index is 13.5. The highest BCUT2D eigenvalue weighted by molar-refractivity contribution is 5.66. The van der Waals surface area contributed by atoms with Gasteiger partial charge in [-0.1, -0.05) is 34.6 Å². The molecule has 22 atom stereocenters. The van der Waals surface area contributed by atoms with E-state index in [1.807, 2.05) is 6.92 Å². The Morgan fingerprint density at radius 3 is 2.14 bits per heavy atom. The first-order valence-electron chi connectivity index (χ1n) is 21.9. The first kappa shape index (κ1) is 44.5. The Labute approximate surface area is 346 Å². The minimum Gasteiger partial charge on any atom is -0.457 e. The minimum atomic E-state index is -2.07. The van der Waals surface area contributed by atoms with Gasteiger partial charge >= 0.3 is 5.97 Å². The minimum absolute atomic E-state index is 0.0179. The second kappa shape index (κ2) is 14.5. The Balaban J connectivity index is 1.17. The van der Waals surface area contributed by atoms with Crippen molar-refractivity contribution in [1.29, 1.82) is 0 Å². The van der Waals surface area contributed by atoms with Gasteiger partial charge in [0.1, 0.15) is 54.9 Å². The molecule has 0 bridgehead atoms. The lowest BCUT2D eigenvalue weighted by Crippen LogP contribution is -2.65. The molecular weight excluding hydrogens is 772 g/mol. The summed E-state index contributed by atoms with van der Waals surface area (Å²) in [6.07, 6.45) is -10.5. The zero-order valence-corrected chi connectivity index (χ0v) is 35.8. The predicted molar refractivity (Wildman–Crippen MR) is 204 cm³/mol. The van der Waals surface area contributed by atoms with Gasteiger partial charge in [0, 0.05) is 18.3 Å². The van der Waals surface area contributed by atoms with E-state index in [2.05, 4.69) is 27.7 Å². The quantitative estimate of drug-likeness (QED) is 0.119. The molecule has 5 aliphatic carbocycles. The third-order valence-corrected chi connectivity index (χ3v) is 18.0. The molecule has 2 spiro atoms. The molecule has 16 nitrogen and oxygen atoms in total. The Morgan fingerprint density at radius 1 is 0.847 bits per heavy atom. The Bertz CT molecular complexity index is 1600. The summed E-state index contributed by atoms with van der Waals surface area (Å²) in [4.78, 5) is 12.4. The number of carbonyl (C=O) groups excluding carboxylic acids is 1. The van der Waals surface area contributed by atoms with Crippen molar-refractivity contribution in [1.82, 2.24) is 0 Å². The SMILES string of the molecule is CC(=O)O[C@H]([C@H]1C[C@@H](C)C2[C@@](O)(O1)[C@H](O[C@@H]1O[C@H](CO)[C@@H](O)[C@H](O)[C@H]1O)[C@@]1(C)C3CC[C@H]4C(C)(C)[C@@H](O[C@@H]5OC[C@@H](O)[C@H](O)[C@@H]5O)CC[C@@]45C[C@@]35CC[C@]21C)C(C)(C)O. The molecule has 16 heteroatoms. The monoisotopic (exact) mass is 842 g/mol. The molecule has 3 heterocycles. The molecule has 0 amide bonds. The van der Waals surface area contributed by atoms with Gasteiger partial charge in [0.25, 0.3) is 0 Å². The zero-order valence-electron chi connectivity index (χ0n) is 35.8. The number of carbonyl (C=O) groups is 1. The van der Waals surface area contributed by atoms with Crippen LogP contribution in [0.3, 0.4) is 0 Å². The van der Waals surface area contributed by atoms with E-state index in [4.69, 9.17) is 28.4 Å². The van der Waals surface area contributed by atoms with Gasteiger partial charge in [-0.2, -0.15) is 0 Å². The van der Waals surface area contributed by atoms with E-state index in [0.29, 0.717) is 12.8 Å². The largest absolute Gasteiger partial charge is 0.457 e. The van der Waals surface area contributed by atoms with E-state index >= 15 is 0 Å². The van der Waals surface area contributed by atoms with E-state index < -0.39 is 114 Å². The molecule has 9 N–H and O–H groups in total. The number of ether oxygens (including phenoxy) is 6. The Kier molecular flexibility index (Phi) is 10.9. The summed E-state index contributed by atoms with van der Waals surface area (Å²) in [7, 11) is 0. The normalized spacial score (nSPS) is 55.7. The van der Waals surface area contributed by atoms with Crippen molar-refractivity contribution in [2.24, 2.45) is 50.7 Å². The molecule has 2 unspecified atom stereocenters. The summed E-state index contributed by atoms with van der Waals surface area (Å²) in [6.45, 7) is 14.3. The molecule has 338 valence electrons. The Hall–Kier alpha value is -1.09. The van der Waals surface area contributed by atoms with Crippen LogP contribution in [0.15, 0.2) is 0 Å². The standard InChI is InChI=1S/C43H70O16/c1-19-15-22(33(38(5,6)52)55-20(2)45)59-43(53)32(19)39(7)13-14-42-18-41(42)12-11-26(57-34-30(50)27(47)21(46)17-54-34)37(3,4)24(41)9-10-25(42)40(39,8)36(43)58-35-31(51)29(49)28(48)23(16-44)56-35/h19,21-36,44,46-53H,9-18H2,1-8H3/t19-,21-,22-,23-,24+,25?,26+,27+,28-,29+,30+,31-,32?,33-,34+,35+,36-,39-,40-,41-,42+,43-/m1/s1. The van der Waals surface area contributed by atoms with E-state index in [9.17, 15) is 50.8 Å². The topological polar surface area (TPSA) is 255 Å². The number of aliphatic hydroxyl groups is 9. The van der Waals surface area contributed by atoms with Crippen LogP contribution in [0.1, 0.15) is 107 Å². The molecule has 8 aliphatic rings. The molecule has 0 aromatic heterocycles. The first-order valence-corrected chi connectivity index (χ1v) is 21.9. The molecule has 59 heavy (non-hydrogen) atoms. The van der Waals surface area contributed by atoms with Crippen LogP contribution >= 0.6 is 0 Å². The number of fused-ring (bicyclic) bond motifs is 4. The number of aliphatic hydroxyl groups excluding tert-OH is 7. The van der Waals surface area contributed by atoms with Crippen LogP contribution in [0, 0.1) is 50.7 Å². The first-order chi connectivity index (χ1) is 27.4. The highest BCUT2D eigenvalue weighted by Gasteiger charge is 2.87. The van der Waals surface area contributed by atoms with Gasteiger partial charge in [-0.05, 0) is 105 Å². The van der Waals surface area contributed by atoms with Crippen LogP contribution in [0.25, 0.3) is 0 Å². The number of hydrogen-bond donors (Lipinski definition) is 9. The second-order valence-electron chi connectivity index (χ2n) is 21.6. The van der Waals surface area contributed by atoms with Crippen LogP contribution < -0.4 is 0 Å². The second-order valence-corrected chi connectivity index (χ2v) is 21.6. The van der Waals surface area contributed by atoms with Crippen molar-refractivity contribution in [2.45, 2.75) is 198 Å². The fourth-order valence-electron chi connectivity index (χ4n) is 15.3. The van der Waals surface area contributed by atoms with E-state index in [0.717, 1.165) is 38.5 Å². The molecule has 3 aliphatic heterocycles. The predicted octanol–water partition coefficient (Wildman–Crippen LogP) is 0.471. The molecule has 0 aromatic carbocycles. The number of esters is 1. The molecule has 0 radical (unpaired) electrons. The van der Waals surface area contributed by atoms with Crippen LogP contribution in [-0.4, -0.2) is 156 Å². The summed E-state index contributed by atoms with van der Waals surface area (Å²) in [5.41, 5.74) is -3.61. The molecular formula is C43H70O16. The van der Waals surface area contributed by atoms with Gasteiger partial charge in [-0.15, -0.1) is 0 Å². The van der Waals surface area contributed by atoms with Crippen LogP contribution in [0.4, 0.5) is 0 Å². The van der Waals surface area contributed by atoms with E-state index in [-0.39, 0.29) is 46.7 Å². The fraction of sp³-hybridized carbons (Fsp3) is 0.977. The summed E-state index contributed by atoms with van der Waals surface area (Å²) in [5.74, 6) is -3.23. The van der Waals surface area contributed by atoms with Gasteiger partial charge < -0.3 is 74.4 Å². The molecule has 8 fully saturated rings. The van der Waals surface area contributed by atoms with Gasteiger partial charge in [0.05, 0.1) is 24.9 Å². The van der Waals surface area contributed by atoms with Crippen LogP contribution in [-0.2, 0) is 33.2 Å². The summed E-state index contributed by atoms with van der Waals surface area (Å²) in [5, 5.41) is 99.1. The zero-order chi connectivity index (χ0) is 43.2. The van der Waals surface area contributed by atoms with Crippen molar-refractivity contribution in [3.05, 3.63) is 0 Å². The maximum Gasteiger partial charge on any atom is 0.303 e. The Morgan fingerprint density at radius 2 is 1.49 bits per heavy atom. The van der Waals surface area contributed by atoms with Gasteiger partial charge in [-0.25, -0.2) is 0 Å². The van der Waals surface area contributed by atoms with Crippen molar-refractivity contribution in [2.75, 3.05) is 13.2 Å². The van der Waals surface area contributed by atoms with Crippen LogP contribution in [0.5, 0.6) is 0 Å². The summed E-state index contributed by atoms with van der Waals surface area (Å²) >= 11 is 0. The molecule has 0 aromatic rings. The lowest BCUT2D eigenvalue weighted by molar-refractivity contribution is -0.384. The van der Waals surface area contributed by atoms with E-state index in [1.165, 1.54) is 20.8 Å². The lowest BCUT2D eigenvalue weighted by Gasteiger charge is -2.64. The van der Waals surface area contributed by atoms with Crippen molar-refractivity contribution in [3.63, 3.8) is 0 Å². The highest BCUT2D eigenvalue weighted by Crippen LogP contribution is 2.90.